The van der Waals surface area contributed by atoms with Crippen LogP contribution in [0.2, 0.25) is 0 Å². The maximum Gasteiger partial charge on any atom is 0.264 e. The summed E-state index contributed by atoms with van der Waals surface area (Å²) in [7, 11) is -3.97. The Kier molecular flexibility index (Phi) is 6.65. The average molecular weight is 490 g/mol. The summed E-state index contributed by atoms with van der Waals surface area (Å²) in [5.74, 6) is -3.61. The molecule has 34 heavy (non-hydrogen) atoms. The fourth-order valence-corrected chi connectivity index (χ4v) is 5.54. The van der Waals surface area contributed by atoms with Gasteiger partial charge in [0.15, 0.2) is 17.3 Å². The van der Waals surface area contributed by atoms with Crippen molar-refractivity contribution in [2.75, 3.05) is 17.5 Å². The number of benzene rings is 3. The van der Waals surface area contributed by atoms with Crippen LogP contribution in [0.25, 0.3) is 0 Å². The van der Waals surface area contributed by atoms with Gasteiger partial charge in [-0.25, -0.2) is 21.6 Å². The Bertz CT molecular complexity index is 1340. The molecule has 1 aliphatic rings. The summed E-state index contributed by atoms with van der Waals surface area (Å²) in [4.78, 5) is 12.8. The number of anilines is 1. The van der Waals surface area contributed by atoms with E-state index >= 15 is 0 Å². The van der Waals surface area contributed by atoms with Crippen LogP contribution in [0, 0.1) is 17.5 Å². The number of hydrogen-bond donors (Lipinski definition) is 0. The standard InChI is InChI=1S/C25H22F3NO4S/c1-2-33-23-12-11-20(27)24(25(23)28)22(30)15-16-5-6-17-4-3-13-29(21(17)14-16)34(31,32)19-9-7-18(26)8-10-19/h5-12,14H,2-4,13,15H2,1H3. The predicted octanol–water partition coefficient (Wildman–Crippen LogP) is 5.07. The number of carbonyl (C=O) groups excluding carboxylic acids is 1. The number of nitrogens with zero attached hydrogens (tertiary/aromatic N) is 1. The highest BCUT2D eigenvalue weighted by molar-refractivity contribution is 7.92. The molecule has 0 bridgehead atoms. The minimum absolute atomic E-state index is 0.0555. The molecule has 0 N–H and O–H groups in total. The molecule has 0 saturated heterocycles. The molecule has 0 atom stereocenters. The van der Waals surface area contributed by atoms with Gasteiger partial charge in [-0.05, 0) is 73.4 Å². The zero-order valence-corrected chi connectivity index (χ0v) is 19.2. The van der Waals surface area contributed by atoms with Gasteiger partial charge in [0.1, 0.15) is 11.6 Å². The van der Waals surface area contributed by atoms with E-state index in [1.807, 2.05) is 0 Å². The molecule has 0 aliphatic carbocycles. The molecule has 0 unspecified atom stereocenters. The number of sulfonamides is 1. The van der Waals surface area contributed by atoms with E-state index in [0.717, 1.165) is 29.8 Å². The Hall–Kier alpha value is -3.33. The number of aryl methyl sites for hydroxylation is 1. The fourth-order valence-electron chi connectivity index (χ4n) is 4.01. The monoisotopic (exact) mass is 489 g/mol. The van der Waals surface area contributed by atoms with Crippen molar-refractivity contribution in [2.45, 2.75) is 31.1 Å². The molecular weight excluding hydrogens is 467 g/mol. The zero-order chi connectivity index (χ0) is 24.5. The van der Waals surface area contributed by atoms with Gasteiger partial charge >= 0.3 is 0 Å². The first-order chi connectivity index (χ1) is 16.2. The second kappa shape index (κ2) is 9.50. The lowest BCUT2D eigenvalue weighted by atomic mass is 9.97. The second-order valence-corrected chi connectivity index (χ2v) is 9.73. The third-order valence-electron chi connectivity index (χ3n) is 5.63. The molecule has 0 fully saturated rings. The maximum atomic E-state index is 14.7. The van der Waals surface area contributed by atoms with Crippen molar-refractivity contribution in [1.29, 1.82) is 0 Å². The molecule has 1 aliphatic heterocycles. The number of ketones is 1. The van der Waals surface area contributed by atoms with E-state index < -0.39 is 38.8 Å². The largest absolute Gasteiger partial charge is 0.491 e. The number of fused-ring (bicyclic) bond motifs is 1. The smallest absolute Gasteiger partial charge is 0.264 e. The van der Waals surface area contributed by atoms with Crippen molar-refractivity contribution < 1.29 is 31.1 Å². The van der Waals surface area contributed by atoms with Gasteiger partial charge in [0.05, 0.1) is 22.8 Å². The minimum atomic E-state index is -3.97. The predicted molar refractivity (Wildman–Crippen MR) is 121 cm³/mol. The Morgan fingerprint density at radius 1 is 1.03 bits per heavy atom. The quantitative estimate of drug-likeness (QED) is 0.435. The van der Waals surface area contributed by atoms with Gasteiger partial charge in [-0.1, -0.05) is 12.1 Å². The Morgan fingerprint density at radius 2 is 1.76 bits per heavy atom. The molecule has 4 rings (SSSR count). The van der Waals surface area contributed by atoms with E-state index in [2.05, 4.69) is 0 Å². The van der Waals surface area contributed by atoms with Crippen LogP contribution in [0.15, 0.2) is 59.5 Å². The Morgan fingerprint density at radius 3 is 2.47 bits per heavy atom. The van der Waals surface area contributed by atoms with Gasteiger partial charge in [-0.2, -0.15) is 0 Å². The molecule has 0 saturated carbocycles. The summed E-state index contributed by atoms with van der Waals surface area (Å²) < 4.78 is 75.1. The van der Waals surface area contributed by atoms with Crippen LogP contribution in [-0.2, 0) is 22.9 Å². The van der Waals surface area contributed by atoms with E-state index in [0.29, 0.717) is 24.1 Å². The lowest BCUT2D eigenvalue weighted by molar-refractivity contribution is 0.0983. The van der Waals surface area contributed by atoms with Crippen LogP contribution in [0.1, 0.15) is 34.8 Å². The normalized spacial score (nSPS) is 13.5. The lowest BCUT2D eigenvalue weighted by Gasteiger charge is -2.31. The van der Waals surface area contributed by atoms with E-state index in [-0.39, 0.29) is 30.2 Å². The van der Waals surface area contributed by atoms with Crippen LogP contribution in [0.4, 0.5) is 18.9 Å². The Balaban J connectivity index is 1.67. The van der Waals surface area contributed by atoms with Gasteiger partial charge in [0, 0.05) is 13.0 Å². The number of rotatable bonds is 7. The maximum absolute atomic E-state index is 14.7. The molecule has 0 aromatic heterocycles. The van der Waals surface area contributed by atoms with Crippen LogP contribution in [-0.4, -0.2) is 27.4 Å². The second-order valence-electron chi connectivity index (χ2n) is 7.87. The van der Waals surface area contributed by atoms with E-state index in [1.54, 1.807) is 25.1 Å². The van der Waals surface area contributed by atoms with Crippen molar-refractivity contribution in [2.24, 2.45) is 0 Å². The first-order valence-electron chi connectivity index (χ1n) is 10.8. The third kappa shape index (κ3) is 4.52. The van der Waals surface area contributed by atoms with Gasteiger partial charge in [0.2, 0.25) is 0 Å². The molecule has 3 aromatic rings. The number of Topliss-reactive ketones (excluding diaryl/α,β-unsaturated/α-hetero) is 1. The molecule has 0 radical (unpaired) electrons. The summed E-state index contributed by atoms with van der Waals surface area (Å²) in [6, 6.07) is 11.6. The first kappa shape index (κ1) is 23.8. The summed E-state index contributed by atoms with van der Waals surface area (Å²) in [6.45, 7) is 2.01. The lowest BCUT2D eigenvalue weighted by Crippen LogP contribution is -2.35. The van der Waals surface area contributed by atoms with Crippen molar-refractivity contribution in [1.82, 2.24) is 0 Å². The van der Waals surface area contributed by atoms with Crippen molar-refractivity contribution in [3.05, 3.63) is 88.7 Å². The molecule has 178 valence electrons. The van der Waals surface area contributed by atoms with Crippen molar-refractivity contribution in [3.63, 3.8) is 0 Å². The summed E-state index contributed by atoms with van der Waals surface area (Å²) in [5.41, 5.74) is 0.874. The molecule has 5 nitrogen and oxygen atoms in total. The number of hydrogen-bond acceptors (Lipinski definition) is 4. The van der Waals surface area contributed by atoms with Crippen LogP contribution in [0.5, 0.6) is 5.75 Å². The van der Waals surface area contributed by atoms with E-state index in [1.165, 1.54) is 16.4 Å². The molecule has 0 amide bonds. The average Bonchev–Trinajstić information content (AvgIpc) is 2.81. The van der Waals surface area contributed by atoms with Crippen molar-refractivity contribution >= 4 is 21.5 Å². The van der Waals surface area contributed by atoms with Crippen LogP contribution >= 0.6 is 0 Å². The first-order valence-corrected chi connectivity index (χ1v) is 12.2. The van der Waals surface area contributed by atoms with E-state index in [9.17, 15) is 26.4 Å². The number of ether oxygens (including phenoxy) is 1. The molecule has 9 heteroatoms. The van der Waals surface area contributed by atoms with Crippen LogP contribution < -0.4 is 9.04 Å². The fraction of sp³-hybridized carbons (Fsp3) is 0.240. The highest BCUT2D eigenvalue weighted by atomic mass is 32.2. The minimum Gasteiger partial charge on any atom is -0.491 e. The third-order valence-corrected chi connectivity index (χ3v) is 7.45. The van der Waals surface area contributed by atoms with Crippen LogP contribution in [0.3, 0.4) is 0 Å². The number of carbonyl (C=O) groups is 1. The van der Waals surface area contributed by atoms with Gasteiger partial charge in [-0.15, -0.1) is 0 Å². The zero-order valence-electron chi connectivity index (χ0n) is 18.4. The van der Waals surface area contributed by atoms with E-state index in [4.69, 9.17) is 4.74 Å². The Labute approximate surface area is 195 Å². The topological polar surface area (TPSA) is 63.7 Å². The van der Waals surface area contributed by atoms with Gasteiger partial charge in [0.25, 0.3) is 10.0 Å². The SMILES string of the molecule is CCOc1ccc(F)c(C(=O)Cc2ccc3c(c2)N(S(=O)(=O)c2ccc(F)cc2)CCC3)c1F. The summed E-state index contributed by atoms with van der Waals surface area (Å²) >= 11 is 0. The molecule has 3 aromatic carbocycles. The van der Waals surface area contributed by atoms with Crippen molar-refractivity contribution in [3.8, 4) is 5.75 Å². The van der Waals surface area contributed by atoms with Gasteiger partial charge in [-0.3, -0.25) is 9.10 Å². The summed E-state index contributed by atoms with van der Waals surface area (Å²) in [6.07, 6.45) is 0.895. The highest BCUT2D eigenvalue weighted by Gasteiger charge is 2.30. The molecular formula is C25H22F3NO4S. The number of halogens is 3. The molecule has 1 heterocycles. The highest BCUT2D eigenvalue weighted by Crippen LogP contribution is 2.33. The molecule has 0 spiro atoms. The van der Waals surface area contributed by atoms with Gasteiger partial charge < -0.3 is 4.74 Å². The summed E-state index contributed by atoms with van der Waals surface area (Å²) in [5, 5.41) is 0.